The van der Waals surface area contributed by atoms with E-state index in [-0.39, 0.29) is 11.6 Å². The van der Waals surface area contributed by atoms with Gasteiger partial charge in [0.05, 0.1) is 5.69 Å². The molecule has 0 unspecified atom stereocenters. The van der Waals surface area contributed by atoms with Crippen molar-refractivity contribution < 1.29 is 14.2 Å². The van der Waals surface area contributed by atoms with Gasteiger partial charge in [-0.05, 0) is 55.5 Å². The van der Waals surface area contributed by atoms with Gasteiger partial charge in [-0.2, -0.15) is 0 Å². The Balaban J connectivity index is 1.87. The summed E-state index contributed by atoms with van der Waals surface area (Å²) in [5.74, 6) is 0.606. The van der Waals surface area contributed by atoms with Gasteiger partial charge in [-0.15, -0.1) is 0 Å². The van der Waals surface area contributed by atoms with Gasteiger partial charge in [-0.1, -0.05) is 0 Å². The molecular formula is C17H16FNO2. The van der Waals surface area contributed by atoms with E-state index in [1.165, 1.54) is 12.1 Å². The molecule has 4 heteroatoms. The highest BCUT2D eigenvalue weighted by molar-refractivity contribution is 5.82. The lowest BCUT2D eigenvalue weighted by Crippen LogP contribution is -2.04. The number of halogens is 1. The van der Waals surface area contributed by atoms with Crippen molar-refractivity contribution >= 4 is 10.9 Å². The molecule has 0 saturated carbocycles. The third-order valence-electron chi connectivity index (χ3n) is 3.49. The van der Waals surface area contributed by atoms with Crippen LogP contribution in [-0.2, 0) is 13.2 Å². The molecular weight excluding hydrogens is 269 g/mol. The average molecular weight is 285 g/mol. The van der Waals surface area contributed by atoms with E-state index in [0.717, 1.165) is 23.1 Å². The Morgan fingerprint density at radius 2 is 1.86 bits per heavy atom. The van der Waals surface area contributed by atoms with Crippen molar-refractivity contribution in [3.8, 4) is 11.5 Å². The highest BCUT2D eigenvalue weighted by Crippen LogP contribution is 2.25. The second kappa shape index (κ2) is 5.48. The average Bonchev–Trinajstić information content (AvgIpc) is 2.83. The molecule has 0 aliphatic carbocycles. The fourth-order valence-corrected chi connectivity index (χ4v) is 2.50. The summed E-state index contributed by atoms with van der Waals surface area (Å²) in [5, 5.41) is 10.5. The van der Waals surface area contributed by atoms with E-state index in [1.54, 1.807) is 24.3 Å². The SMILES string of the molecule is CCn1c(COc2ccc(F)cc2)cc2cc(O)ccc21. The molecule has 2 aromatic carbocycles. The summed E-state index contributed by atoms with van der Waals surface area (Å²) >= 11 is 0. The zero-order valence-electron chi connectivity index (χ0n) is 11.7. The molecule has 0 aliphatic rings. The first-order valence-corrected chi connectivity index (χ1v) is 6.87. The van der Waals surface area contributed by atoms with E-state index in [0.29, 0.717) is 12.4 Å². The lowest BCUT2D eigenvalue weighted by molar-refractivity contribution is 0.295. The molecule has 1 N–H and O–H groups in total. The Bertz CT molecular complexity index is 762. The minimum absolute atomic E-state index is 0.252. The first-order valence-electron chi connectivity index (χ1n) is 6.87. The molecule has 1 heterocycles. The number of hydrogen-bond donors (Lipinski definition) is 1. The third-order valence-corrected chi connectivity index (χ3v) is 3.49. The summed E-state index contributed by atoms with van der Waals surface area (Å²) in [7, 11) is 0. The summed E-state index contributed by atoms with van der Waals surface area (Å²) in [4.78, 5) is 0. The van der Waals surface area contributed by atoms with Gasteiger partial charge in [-0.25, -0.2) is 4.39 Å². The first-order chi connectivity index (χ1) is 10.2. The van der Waals surface area contributed by atoms with Crippen molar-refractivity contribution in [2.75, 3.05) is 0 Å². The zero-order valence-corrected chi connectivity index (χ0v) is 11.7. The third kappa shape index (κ3) is 2.70. The molecule has 3 nitrogen and oxygen atoms in total. The van der Waals surface area contributed by atoms with Crippen molar-refractivity contribution in [3.05, 3.63) is 60.0 Å². The summed E-state index contributed by atoms with van der Waals surface area (Å²) in [6.07, 6.45) is 0. The van der Waals surface area contributed by atoms with Crippen LogP contribution in [0.5, 0.6) is 11.5 Å². The molecule has 0 radical (unpaired) electrons. The van der Waals surface area contributed by atoms with Gasteiger partial charge >= 0.3 is 0 Å². The van der Waals surface area contributed by atoms with Crippen molar-refractivity contribution in [2.45, 2.75) is 20.1 Å². The first kappa shape index (κ1) is 13.5. The largest absolute Gasteiger partial charge is 0.508 e. The van der Waals surface area contributed by atoms with Crippen LogP contribution in [0.25, 0.3) is 10.9 Å². The summed E-state index contributed by atoms with van der Waals surface area (Å²) in [6, 6.07) is 13.3. The number of benzene rings is 2. The highest BCUT2D eigenvalue weighted by Gasteiger charge is 2.09. The van der Waals surface area contributed by atoms with Gasteiger partial charge in [-0.3, -0.25) is 0 Å². The van der Waals surface area contributed by atoms with Crippen LogP contribution < -0.4 is 4.74 Å². The number of aromatic nitrogens is 1. The maximum absolute atomic E-state index is 12.9. The van der Waals surface area contributed by atoms with Crippen molar-refractivity contribution in [3.63, 3.8) is 0 Å². The molecule has 108 valence electrons. The van der Waals surface area contributed by atoms with Gasteiger partial charge in [0.2, 0.25) is 0 Å². The molecule has 0 amide bonds. The van der Waals surface area contributed by atoms with Crippen LogP contribution in [0.2, 0.25) is 0 Å². The molecule has 0 saturated heterocycles. The van der Waals surface area contributed by atoms with Gasteiger partial charge in [0.15, 0.2) is 0 Å². The number of ether oxygens (including phenoxy) is 1. The quantitative estimate of drug-likeness (QED) is 0.783. The standard InChI is InChI=1S/C17H16FNO2/c1-2-19-14(9-12-10-15(20)5-8-17(12)19)11-21-16-6-3-13(18)4-7-16/h3-10,20H,2,11H2,1H3. The molecule has 3 aromatic rings. The van der Waals surface area contributed by atoms with Gasteiger partial charge in [0, 0.05) is 17.4 Å². The minimum Gasteiger partial charge on any atom is -0.508 e. The lowest BCUT2D eigenvalue weighted by Gasteiger charge is -2.09. The molecule has 0 fully saturated rings. The van der Waals surface area contributed by atoms with E-state index in [2.05, 4.69) is 11.5 Å². The van der Waals surface area contributed by atoms with E-state index in [9.17, 15) is 9.50 Å². The van der Waals surface area contributed by atoms with Crippen LogP contribution >= 0.6 is 0 Å². The smallest absolute Gasteiger partial charge is 0.128 e. The predicted octanol–water partition coefficient (Wildman–Crippen LogP) is 4.08. The monoisotopic (exact) mass is 285 g/mol. The topological polar surface area (TPSA) is 34.4 Å². The van der Waals surface area contributed by atoms with Crippen LogP contribution in [0, 0.1) is 5.82 Å². The van der Waals surface area contributed by atoms with Crippen molar-refractivity contribution in [1.29, 1.82) is 0 Å². The number of phenols is 1. The Labute approximate surface area is 122 Å². The molecule has 0 aliphatic heterocycles. The fraction of sp³-hybridized carbons (Fsp3) is 0.176. The Morgan fingerprint density at radius 3 is 2.57 bits per heavy atom. The summed E-state index contributed by atoms with van der Waals surface area (Å²) < 4.78 is 20.7. The molecule has 1 aromatic heterocycles. The number of rotatable bonds is 4. The molecule has 3 rings (SSSR count). The van der Waals surface area contributed by atoms with E-state index in [4.69, 9.17) is 4.74 Å². The predicted molar refractivity (Wildman–Crippen MR) is 80.0 cm³/mol. The van der Waals surface area contributed by atoms with E-state index >= 15 is 0 Å². The van der Waals surface area contributed by atoms with Crippen LogP contribution in [0.15, 0.2) is 48.5 Å². The number of nitrogens with zero attached hydrogens (tertiary/aromatic N) is 1. The molecule has 0 bridgehead atoms. The summed E-state index contributed by atoms with van der Waals surface area (Å²) in [5.41, 5.74) is 2.08. The van der Waals surface area contributed by atoms with Crippen LogP contribution in [0.3, 0.4) is 0 Å². The van der Waals surface area contributed by atoms with Crippen LogP contribution in [0.4, 0.5) is 4.39 Å². The van der Waals surface area contributed by atoms with Crippen molar-refractivity contribution in [1.82, 2.24) is 4.57 Å². The normalized spacial score (nSPS) is 11.0. The van der Waals surface area contributed by atoms with Crippen LogP contribution in [-0.4, -0.2) is 9.67 Å². The van der Waals surface area contributed by atoms with E-state index < -0.39 is 0 Å². The maximum atomic E-state index is 12.9. The second-order valence-corrected chi connectivity index (χ2v) is 4.87. The Hall–Kier alpha value is -2.49. The Morgan fingerprint density at radius 1 is 1.10 bits per heavy atom. The van der Waals surface area contributed by atoms with Crippen LogP contribution in [0.1, 0.15) is 12.6 Å². The van der Waals surface area contributed by atoms with Gasteiger partial charge in [0.25, 0.3) is 0 Å². The maximum Gasteiger partial charge on any atom is 0.128 e. The second-order valence-electron chi connectivity index (χ2n) is 4.87. The number of hydrogen-bond acceptors (Lipinski definition) is 2. The van der Waals surface area contributed by atoms with Gasteiger partial charge < -0.3 is 14.4 Å². The fourth-order valence-electron chi connectivity index (χ4n) is 2.50. The molecule has 0 atom stereocenters. The zero-order chi connectivity index (χ0) is 14.8. The molecule has 21 heavy (non-hydrogen) atoms. The number of fused-ring (bicyclic) bond motifs is 1. The molecule has 0 spiro atoms. The lowest BCUT2D eigenvalue weighted by atomic mass is 10.2. The Kier molecular flexibility index (Phi) is 3.52. The number of phenolic OH excluding ortho intramolecular Hbond substituents is 1. The summed E-state index contributed by atoms with van der Waals surface area (Å²) in [6.45, 7) is 3.28. The van der Waals surface area contributed by atoms with Gasteiger partial charge in [0.1, 0.15) is 23.9 Å². The number of aryl methyl sites for hydroxylation is 1. The number of aromatic hydroxyl groups is 1. The van der Waals surface area contributed by atoms with Crippen molar-refractivity contribution in [2.24, 2.45) is 0 Å². The van der Waals surface area contributed by atoms with E-state index in [1.807, 2.05) is 12.1 Å². The highest BCUT2D eigenvalue weighted by atomic mass is 19.1. The minimum atomic E-state index is -0.277.